The number of hydrogen-bond acceptors (Lipinski definition) is 3. The van der Waals surface area contributed by atoms with Crippen molar-refractivity contribution >= 4 is 5.97 Å². The van der Waals surface area contributed by atoms with Crippen LogP contribution in [0.25, 0.3) is 0 Å². The smallest absolute Gasteiger partial charge is 0.306 e. The summed E-state index contributed by atoms with van der Waals surface area (Å²) in [6, 6.07) is 10.8. The van der Waals surface area contributed by atoms with Gasteiger partial charge in [-0.3, -0.25) is 14.7 Å². The largest absolute Gasteiger partial charge is 0.481 e. The first-order chi connectivity index (χ1) is 12.0. The molecule has 1 fully saturated rings. The molecule has 3 rings (SSSR count). The van der Waals surface area contributed by atoms with Gasteiger partial charge in [-0.05, 0) is 63.9 Å². The fraction of sp³-hybridized carbons (Fsp3) is 0.429. The number of carboxylic acids is 1. The minimum Gasteiger partial charge on any atom is -0.481 e. The van der Waals surface area contributed by atoms with E-state index in [1.807, 2.05) is 12.3 Å². The van der Waals surface area contributed by atoms with Gasteiger partial charge in [-0.15, -0.1) is 0 Å². The van der Waals surface area contributed by atoms with E-state index in [0.717, 1.165) is 18.8 Å². The lowest BCUT2D eigenvalue weighted by molar-refractivity contribution is -0.143. The third-order valence-electron chi connectivity index (χ3n) is 5.11. The number of aromatic nitrogens is 1. The van der Waals surface area contributed by atoms with E-state index in [9.17, 15) is 9.90 Å². The number of pyridine rings is 1. The molecule has 1 unspecified atom stereocenters. The molecule has 0 spiro atoms. The van der Waals surface area contributed by atoms with Crippen LogP contribution < -0.4 is 0 Å². The zero-order valence-corrected chi connectivity index (χ0v) is 15.2. The molecule has 1 aliphatic heterocycles. The van der Waals surface area contributed by atoms with E-state index in [2.05, 4.69) is 54.9 Å². The molecule has 1 saturated heterocycles. The van der Waals surface area contributed by atoms with Gasteiger partial charge < -0.3 is 5.11 Å². The van der Waals surface area contributed by atoms with Crippen LogP contribution >= 0.6 is 0 Å². The molecule has 0 bridgehead atoms. The molecule has 0 aliphatic carbocycles. The van der Waals surface area contributed by atoms with Gasteiger partial charge in [0.2, 0.25) is 0 Å². The van der Waals surface area contributed by atoms with Gasteiger partial charge in [-0.2, -0.15) is 0 Å². The van der Waals surface area contributed by atoms with E-state index in [1.54, 1.807) is 0 Å². The quantitative estimate of drug-likeness (QED) is 0.919. The number of benzene rings is 1. The maximum atomic E-state index is 11.3. The predicted octanol–water partition coefficient (Wildman–Crippen LogP) is 3.89. The summed E-state index contributed by atoms with van der Waals surface area (Å²) in [6.07, 6.45) is 3.24. The van der Waals surface area contributed by atoms with Crippen molar-refractivity contribution in [2.75, 3.05) is 13.1 Å². The van der Waals surface area contributed by atoms with Gasteiger partial charge in [0.25, 0.3) is 0 Å². The summed E-state index contributed by atoms with van der Waals surface area (Å²) in [6.45, 7) is 7.91. The lowest BCUT2D eigenvalue weighted by Gasteiger charge is -2.37. The van der Waals surface area contributed by atoms with E-state index in [-0.39, 0.29) is 12.0 Å². The third kappa shape index (κ3) is 3.90. The van der Waals surface area contributed by atoms with Crippen molar-refractivity contribution < 1.29 is 9.90 Å². The van der Waals surface area contributed by atoms with E-state index in [4.69, 9.17) is 0 Å². The summed E-state index contributed by atoms with van der Waals surface area (Å²) >= 11 is 0. The number of nitrogens with zero attached hydrogens (tertiary/aromatic N) is 2. The SMILES string of the molecule is Cc1cc(C)cc(C(c2ncccc2C)N2CCC(C(=O)O)CC2)c1. The summed E-state index contributed by atoms with van der Waals surface area (Å²) < 4.78 is 0. The molecule has 0 amide bonds. The number of carboxylic acid groups (broad SMARTS) is 1. The summed E-state index contributed by atoms with van der Waals surface area (Å²) in [4.78, 5) is 18.4. The standard InChI is InChI=1S/C21H26N2O2/c1-14-11-15(2)13-18(12-14)20(19-16(3)5-4-8-22-19)23-9-6-17(7-10-23)21(24)25/h4-5,8,11-13,17,20H,6-7,9-10H2,1-3H3,(H,24,25). The second-order valence-electron chi connectivity index (χ2n) is 7.18. The van der Waals surface area contributed by atoms with Crippen molar-refractivity contribution in [3.05, 3.63) is 64.5 Å². The highest BCUT2D eigenvalue weighted by molar-refractivity contribution is 5.70. The molecule has 4 nitrogen and oxygen atoms in total. The molecule has 1 aliphatic rings. The first kappa shape index (κ1) is 17.6. The Labute approximate surface area is 149 Å². The molecular formula is C21H26N2O2. The van der Waals surface area contributed by atoms with Crippen LogP contribution in [0.15, 0.2) is 36.5 Å². The fourth-order valence-electron chi connectivity index (χ4n) is 3.90. The maximum Gasteiger partial charge on any atom is 0.306 e. The van der Waals surface area contributed by atoms with Crippen LogP contribution in [-0.4, -0.2) is 34.0 Å². The van der Waals surface area contributed by atoms with Crippen molar-refractivity contribution in [2.45, 2.75) is 39.7 Å². The Balaban J connectivity index is 1.98. The Hall–Kier alpha value is -2.20. The first-order valence-corrected chi connectivity index (χ1v) is 8.92. The lowest BCUT2D eigenvalue weighted by atomic mass is 9.91. The van der Waals surface area contributed by atoms with Crippen LogP contribution in [0.5, 0.6) is 0 Å². The number of likely N-dealkylation sites (tertiary alicyclic amines) is 1. The number of aliphatic carboxylic acids is 1. The second-order valence-corrected chi connectivity index (χ2v) is 7.18. The number of hydrogen-bond donors (Lipinski definition) is 1. The van der Waals surface area contributed by atoms with Gasteiger partial charge in [0, 0.05) is 6.20 Å². The summed E-state index contributed by atoms with van der Waals surface area (Å²) in [5, 5.41) is 9.28. The molecule has 1 aromatic carbocycles. The zero-order valence-electron chi connectivity index (χ0n) is 15.2. The molecule has 4 heteroatoms. The highest BCUT2D eigenvalue weighted by Crippen LogP contribution is 2.33. The summed E-state index contributed by atoms with van der Waals surface area (Å²) in [5.41, 5.74) is 5.98. The van der Waals surface area contributed by atoms with E-state index in [1.165, 1.54) is 22.3 Å². The van der Waals surface area contributed by atoms with Crippen LogP contribution in [-0.2, 0) is 4.79 Å². The van der Waals surface area contributed by atoms with E-state index >= 15 is 0 Å². The lowest BCUT2D eigenvalue weighted by Crippen LogP contribution is -2.39. The van der Waals surface area contributed by atoms with Gasteiger partial charge in [0.1, 0.15) is 0 Å². The molecule has 132 valence electrons. The molecule has 1 atom stereocenters. The van der Waals surface area contributed by atoms with Gasteiger partial charge in [0.15, 0.2) is 0 Å². The van der Waals surface area contributed by atoms with Gasteiger partial charge in [-0.1, -0.05) is 35.4 Å². The molecule has 0 saturated carbocycles. The highest BCUT2D eigenvalue weighted by atomic mass is 16.4. The predicted molar refractivity (Wildman–Crippen MR) is 98.7 cm³/mol. The van der Waals surface area contributed by atoms with Crippen molar-refractivity contribution in [2.24, 2.45) is 5.92 Å². The number of carbonyl (C=O) groups is 1. The van der Waals surface area contributed by atoms with Gasteiger partial charge in [-0.25, -0.2) is 0 Å². The Morgan fingerprint density at radius 1 is 1.16 bits per heavy atom. The molecular weight excluding hydrogens is 312 g/mol. The molecule has 1 aromatic heterocycles. The zero-order chi connectivity index (χ0) is 18.0. The minimum absolute atomic E-state index is 0.0783. The molecule has 0 radical (unpaired) electrons. The minimum atomic E-state index is -0.670. The van der Waals surface area contributed by atoms with Crippen LogP contribution in [0.4, 0.5) is 0 Å². The Morgan fingerprint density at radius 3 is 2.36 bits per heavy atom. The number of aryl methyl sites for hydroxylation is 3. The van der Waals surface area contributed by atoms with Gasteiger partial charge in [0.05, 0.1) is 17.7 Å². The topological polar surface area (TPSA) is 53.4 Å². The molecule has 1 N–H and O–H groups in total. The number of rotatable bonds is 4. The van der Waals surface area contributed by atoms with E-state index in [0.29, 0.717) is 12.8 Å². The van der Waals surface area contributed by atoms with Crippen LogP contribution in [0.2, 0.25) is 0 Å². The van der Waals surface area contributed by atoms with Crippen LogP contribution in [0.1, 0.15) is 46.8 Å². The normalized spacial score (nSPS) is 17.4. The molecule has 25 heavy (non-hydrogen) atoms. The first-order valence-electron chi connectivity index (χ1n) is 8.92. The van der Waals surface area contributed by atoms with E-state index < -0.39 is 5.97 Å². The molecule has 2 heterocycles. The Bertz CT molecular complexity index is 744. The average Bonchev–Trinajstić information content (AvgIpc) is 2.56. The average molecular weight is 338 g/mol. The van der Waals surface area contributed by atoms with Crippen molar-refractivity contribution in [3.8, 4) is 0 Å². The number of piperidine rings is 1. The van der Waals surface area contributed by atoms with Gasteiger partial charge >= 0.3 is 5.97 Å². The maximum absolute atomic E-state index is 11.3. The van der Waals surface area contributed by atoms with Crippen molar-refractivity contribution in [1.82, 2.24) is 9.88 Å². The third-order valence-corrected chi connectivity index (χ3v) is 5.11. The molecule has 2 aromatic rings. The summed E-state index contributed by atoms with van der Waals surface area (Å²) in [7, 11) is 0. The monoisotopic (exact) mass is 338 g/mol. The highest BCUT2D eigenvalue weighted by Gasteiger charge is 2.31. The second kappa shape index (κ2) is 7.36. The fourth-order valence-corrected chi connectivity index (χ4v) is 3.90. The van der Waals surface area contributed by atoms with Crippen LogP contribution in [0, 0.1) is 26.7 Å². The van der Waals surface area contributed by atoms with Crippen LogP contribution in [0.3, 0.4) is 0 Å². The van der Waals surface area contributed by atoms with Crippen molar-refractivity contribution in [3.63, 3.8) is 0 Å². The Morgan fingerprint density at radius 2 is 1.80 bits per heavy atom. The van der Waals surface area contributed by atoms with Crippen molar-refractivity contribution in [1.29, 1.82) is 0 Å². The Kier molecular flexibility index (Phi) is 5.19. The summed E-state index contributed by atoms with van der Waals surface area (Å²) in [5.74, 6) is -0.891.